The molecule has 0 bridgehead atoms. The SMILES string of the molecule is CNC(c1ccccc1Br)C1CCCNC1. The monoisotopic (exact) mass is 282 g/mol. The van der Waals surface area contributed by atoms with Crippen LogP contribution in [0.25, 0.3) is 0 Å². The third-order valence-electron chi connectivity index (χ3n) is 3.36. The molecule has 0 aromatic heterocycles. The van der Waals surface area contributed by atoms with Gasteiger partial charge in [-0.1, -0.05) is 34.1 Å². The predicted molar refractivity (Wildman–Crippen MR) is 71.5 cm³/mol. The maximum atomic E-state index is 3.64. The summed E-state index contributed by atoms with van der Waals surface area (Å²) < 4.78 is 1.21. The molecule has 1 aromatic rings. The molecule has 0 saturated carbocycles. The van der Waals surface area contributed by atoms with Crippen LogP contribution in [0.4, 0.5) is 0 Å². The van der Waals surface area contributed by atoms with Gasteiger partial charge in [0.25, 0.3) is 0 Å². The Kier molecular flexibility index (Phi) is 4.38. The van der Waals surface area contributed by atoms with E-state index < -0.39 is 0 Å². The number of hydrogen-bond donors (Lipinski definition) is 2. The average Bonchev–Trinajstić information content (AvgIpc) is 2.34. The fourth-order valence-corrected chi connectivity index (χ4v) is 3.07. The third kappa shape index (κ3) is 2.65. The number of halogens is 1. The zero-order valence-corrected chi connectivity index (χ0v) is 11.3. The molecular weight excluding hydrogens is 264 g/mol. The molecule has 0 aliphatic carbocycles. The van der Waals surface area contributed by atoms with Gasteiger partial charge < -0.3 is 10.6 Å². The van der Waals surface area contributed by atoms with Crippen molar-refractivity contribution < 1.29 is 0 Å². The summed E-state index contributed by atoms with van der Waals surface area (Å²) in [5, 5.41) is 6.94. The lowest BCUT2D eigenvalue weighted by molar-refractivity contribution is 0.298. The van der Waals surface area contributed by atoms with E-state index >= 15 is 0 Å². The number of benzene rings is 1. The number of rotatable bonds is 3. The van der Waals surface area contributed by atoms with E-state index in [-0.39, 0.29) is 0 Å². The summed E-state index contributed by atoms with van der Waals surface area (Å²) in [4.78, 5) is 0. The van der Waals surface area contributed by atoms with E-state index in [1.54, 1.807) is 0 Å². The Morgan fingerprint density at radius 3 is 2.88 bits per heavy atom. The maximum Gasteiger partial charge on any atom is 0.0369 e. The molecule has 2 rings (SSSR count). The van der Waals surface area contributed by atoms with Crippen molar-refractivity contribution >= 4 is 15.9 Å². The van der Waals surface area contributed by atoms with E-state index in [2.05, 4.69) is 57.9 Å². The highest BCUT2D eigenvalue weighted by Crippen LogP contribution is 2.31. The number of nitrogens with one attached hydrogen (secondary N) is 2. The summed E-state index contributed by atoms with van der Waals surface area (Å²) in [6.45, 7) is 2.29. The smallest absolute Gasteiger partial charge is 0.0369 e. The minimum atomic E-state index is 0.448. The Hall–Kier alpha value is -0.380. The molecule has 88 valence electrons. The van der Waals surface area contributed by atoms with Crippen LogP contribution < -0.4 is 10.6 Å². The number of piperidine rings is 1. The Morgan fingerprint density at radius 1 is 1.44 bits per heavy atom. The Labute approximate surface area is 106 Å². The number of hydrogen-bond acceptors (Lipinski definition) is 2. The van der Waals surface area contributed by atoms with Gasteiger partial charge in [-0.2, -0.15) is 0 Å². The molecule has 2 N–H and O–H groups in total. The van der Waals surface area contributed by atoms with Gasteiger partial charge in [-0.15, -0.1) is 0 Å². The first kappa shape index (κ1) is 12.1. The van der Waals surface area contributed by atoms with Crippen molar-refractivity contribution in [2.45, 2.75) is 18.9 Å². The summed E-state index contributed by atoms with van der Waals surface area (Å²) in [7, 11) is 2.05. The van der Waals surface area contributed by atoms with Crippen LogP contribution >= 0.6 is 15.9 Å². The lowest BCUT2D eigenvalue weighted by Gasteiger charge is -2.31. The zero-order chi connectivity index (χ0) is 11.4. The Bertz CT molecular complexity index is 334. The molecule has 1 aliphatic heterocycles. The van der Waals surface area contributed by atoms with Crippen LogP contribution in [0.15, 0.2) is 28.7 Å². The van der Waals surface area contributed by atoms with E-state index in [4.69, 9.17) is 0 Å². The van der Waals surface area contributed by atoms with Crippen LogP contribution in [0.1, 0.15) is 24.4 Å². The van der Waals surface area contributed by atoms with Crippen molar-refractivity contribution in [3.63, 3.8) is 0 Å². The predicted octanol–water partition coefficient (Wildman–Crippen LogP) is 2.71. The normalized spacial score (nSPS) is 23.0. The largest absolute Gasteiger partial charge is 0.316 e. The van der Waals surface area contributed by atoms with Gasteiger partial charge >= 0.3 is 0 Å². The van der Waals surface area contributed by atoms with Crippen molar-refractivity contribution in [3.05, 3.63) is 34.3 Å². The van der Waals surface area contributed by atoms with E-state index in [1.165, 1.54) is 29.4 Å². The van der Waals surface area contributed by atoms with Crippen LogP contribution in [-0.2, 0) is 0 Å². The Balaban J connectivity index is 2.18. The van der Waals surface area contributed by atoms with Gasteiger partial charge in [-0.25, -0.2) is 0 Å². The highest BCUT2D eigenvalue weighted by Gasteiger charge is 2.24. The molecule has 16 heavy (non-hydrogen) atoms. The first-order valence-corrected chi connectivity index (χ1v) is 6.74. The molecule has 3 heteroatoms. The molecule has 1 aliphatic rings. The van der Waals surface area contributed by atoms with Crippen molar-refractivity contribution in [1.29, 1.82) is 0 Å². The van der Waals surface area contributed by atoms with Crippen molar-refractivity contribution in [1.82, 2.24) is 10.6 Å². The molecule has 2 nitrogen and oxygen atoms in total. The maximum absolute atomic E-state index is 3.64. The molecule has 0 amide bonds. The molecule has 2 unspecified atom stereocenters. The third-order valence-corrected chi connectivity index (χ3v) is 4.08. The van der Waals surface area contributed by atoms with Gasteiger partial charge in [-0.3, -0.25) is 0 Å². The molecule has 0 spiro atoms. The molecule has 2 atom stereocenters. The molecule has 1 saturated heterocycles. The lowest BCUT2D eigenvalue weighted by atomic mass is 9.87. The van der Waals surface area contributed by atoms with E-state index in [0.29, 0.717) is 12.0 Å². The van der Waals surface area contributed by atoms with Gasteiger partial charge in [0.2, 0.25) is 0 Å². The summed E-state index contributed by atoms with van der Waals surface area (Å²) >= 11 is 3.64. The van der Waals surface area contributed by atoms with Crippen LogP contribution in [0.5, 0.6) is 0 Å². The van der Waals surface area contributed by atoms with E-state index in [9.17, 15) is 0 Å². The molecule has 0 radical (unpaired) electrons. The molecular formula is C13H19BrN2. The molecule has 1 aromatic carbocycles. The highest BCUT2D eigenvalue weighted by atomic mass is 79.9. The average molecular weight is 283 g/mol. The lowest BCUT2D eigenvalue weighted by Crippen LogP contribution is -2.37. The molecule has 1 fully saturated rings. The molecule has 1 heterocycles. The Morgan fingerprint density at radius 2 is 2.25 bits per heavy atom. The fourth-order valence-electron chi connectivity index (χ4n) is 2.54. The van der Waals surface area contributed by atoms with Crippen molar-refractivity contribution in [2.24, 2.45) is 5.92 Å². The van der Waals surface area contributed by atoms with E-state index in [0.717, 1.165) is 6.54 Å². The van der Waals surface area contributed by atoms with Crippen LogP contribution in [-0.4, -0.2) is 20.1 Å². The van der Waals surface area contributed by atoms with E-state index in [1.807, 2.05) is 0 Å². The minimum Gasteiger partial charge on any atom is -0.316 e. The van der Waals surface area contributed by atoms with Crippen LogP contribution in [0.2, 0.25) is 0 Å². The standard InChI is InChI=1S/C13H19BrN2/c1-15-13(10-5-4-8-16-9-10)11-6-2-3-7-12(11)14/h2-3,6-7,10,13,15-16H,4-5,8-9H2,1H3. The first-order chi connectivity index (χ1) is 7.83. The summed E-state index contributed by atoms with van der Waals surface area (Å²) in [6.07, 6.45) is 2.59. The van der Waals surface area contributed by atoms with Gasteiger partial charge in [-0.05, 0) is 50.5 Å². The second kappa shape index (κ2) is 5.80. The minimum absolute atomic E-state index is 0.448. The van der Waals surface area contributed by atoms with Crippen LogP contribution in [0.3, 0.4) is 0 Å². The quantitative estimate of drug-likeness (QED) is 0.891. The van der Waals surface area contributed by atoms with Crippen molar-refractivity contribution in [2.75, 3.05) is 20.1 Å². The van der Waals surface area contributed by atoms with Gasteiger partial charge in [0.05, 0.1) is 0 Å². The van der Waals surface area contributed by atoms with Gasteiger partial charge in [0.15, 0.2) is 0 Å². The summed E-state index contributed by atoms with van der Waals surface area (Å²) in [5.41, 5.74) is 1.37. The summed E-state index contributed by atoms with van der Waals surface area (Å²) in [5.74, 6) is 0.692. The van der Waals surface area contributed by atoms with Gasteiger partial charge in [0, 0.05) is 10.5 Å². The van der Waals surface area contributed by atoms with Crippen LogP contribution in [0, 0.1) is 5.92 Å². The first-order valence-electron chi connectivity index (χ1n) is 5.95. The zero-order valence-electron chi connectivity index (χ0n) is 9.67. The topological polar surface area (TPSA) is 24.1 Å². The van der Waals surface area contributed by atoms with Crippen molar-refractivity contribution in [3.8, 4) is 0 Å². The second-order valence-electron chi connectivity index (χ2n) is 4.39. The fraction of sp³-hybridized carbons (Fsp3) is 0.538. The van der Waals surface area contributed by atoms with Gasteiger partial charge in [0.1, 0.15) is 0 Å². The summed E-state index contributed by atoms with van der Waals surface area (Å²) in [6, 6.07) is 8.96. The second-order valence-corrected chi connectivity index (χ2v) is 5.25. The highest BCUT2D eigenvalue weighted by molar-refractivity contribution is 9.10.